The molecule has 1 unspecified atom stereocenters. The van der Waals surface area contributed by atoms with E-state index in [1.54, 1.807) is 12.1 Å². The lowest BCUT2D eigenvalue weighted by Crippen LogP contribution is -2.17. The van der Waals surface area contributed by atoms with Gasteiger partial charge >= 0.3 is 0 Å². The van der Waals surface area contributed by atoms with Crippen LogP contribution in [0.3, 0.4) is 0 Å². The summed E-state index contributed by atoms with van der Waals surface area (Å²) in [6.45, 7) is 1.86. The summed E-state index contributed by atoms with van der Waals surface area (Å²) in [4.78, 5) is 0. The summed E-state index contributed by atoms with van der Waals surface area (Å²) in [6, 6.07) is 6.79. The molecule has 2 nitrogen and oxygen atoms in total. The molecule has 0 aliphatic carbocycles. The van der Waals surface area contributed by atoms with E-state index in [4.69, 9.17) is 10.2 Å². The summed E-state index contributed by atoms with van der Waals surface area (Å²) in [5.74, 6) is -0.155. The minimum atomic E-state index is -0.633. The maximum Gasteiger partial charge on any atom is 0.137 e. The van der Waals surface area contributed by atoms with Gasteiger partial charge in [-0.25, -0.2) is 8.78 Å². The third kappa shape index (κ3) is 2.71. The molecule has 2 rings (SSSR count). The number of benzene rings is 1. The molecule has 0 aliphatic heterocycles. The van der Waals surface area contributed by atoms with Gasteiger partial charge in [0, 0.05) is 18.5 Å². The quantitative estimate of drug-likeness (QED) is 0.890. The van der Waals surface area contributed by atoms with Crippen LogP contribution in [0.2, 0.25) is 0 Å². The van der Waals surface area contributed by atoms with E-state index in [-0.39, 0.29) is 11.6 Å². The minimum absolute atomic E-state index is 0.0212. The Hall–Kier alpha value is -1.68. The van der Waals surface area contributed by atoms with Crippen molar-refractivity contribution in [1.29, 1.82) is 0 Å². The summed E-state index contributed by atoms with van der Waals surface area (Å²) in [7, 11) is 0. The number of hydrogen-bond acceptors (Lipinski definition) is 2. The number of halogens is 2. The van der Waals surface area contributed by atoms with Crippen LogP contribution in [-0.2, 0) is 6.42 Å². The van der Waals surface area contributed by atoms with Crippen LogP contribution in [0.15, 0.2) is 34.7 Å². The average Bonchev–Trinajstić information content (AvgIpc) is 2.65. The summed E-state index contributed by atoms with van der Waals surface area (Å²) in [5.41, 5.74) is 5.89. The van der Waals surface area contributed by atoms with Gasteiger partial charge in [0.05, 0.1) is 5.56 Å². The molecule has 1 aromatic carbocycles. The van der Waals surface area contributed by atoms with Gasteiger partial charge in [0.15, 0.2) is 0 Å². The van der Waals surface area contributed by atoms with E-state index in [1.807, 2.05) is 6.92 Å². The van der Waals surface area contributed by atoms with E-state index in [0.29, 0.717) is 17.9 Å². The predicted octanol–water partition coefficient (Wildman–Crippen LogP) is 3.11. The molecule has 17 heavy (non-hydrogen) atoms. The van der Waals surface area contributed by atoms with Gasteiger partial charge in [0.1, 0.15) is 23.2 Å². The fourth-order valence-corrected chi connectivity index (χ4v) is 1.64. The van der Waals surface area contributed by atoms with E-state index < -0.39 is 11.6 Å². The molecule has 2 N–H and O–H groups in total. The second-order valence-corrected chi connectivity index (χ2v) is 4.07. The van der Waals surface area contributed by atoms with Gasteiger partial charge in [-0.15, -0.1) is 0 Å². The molecule has 0 fully saturated rings. The fourth-order valence-electron chi connectivity index (χ4n) is 1.64. The molecular weight excluding hydrogens is 224 g/mol. The minimum Gasteiger partial charge on any atom is -0.461 e. The van der Waals surface area contributed by atoms with E-state index in [9.17, 15) is 8.78 Å². The first-order valence-electron chi connectivity index (χ1n) is 5.36. The van der Waals surface area contributed by atoms with Crippen LogP contribution in [0.25, 0.3) is 11.3 Å². The zero-order valence-corrected chi connectivity index (χ0v) is 9.41. The highest BCUT2D eigenvalue weighted by molar-refractivity contribution is 5.58. The monoisotopic (exact) mass is 237 g/mol. The molecule has 0 radical (unpaired) electrons. The Morgan fingerprint density at radius 1 is 1.24 bits per heavy atom. The Kier molecular flexibility index (Phi) is 3.24. The topological polar surface area (TPSA) is 39.2 Å². The van der Waals surface area contributed by atoms with Crippen molar-refractivity contribution in [3.8, 4) is 11.3 Å². The van der Waals surface area contributed by atoms with Crippen molar-refractivity contribution in [2.45, 2.75) is 19.4 Å². The first kappa shape index (κ1) is 11.8. The van der Waals surface area contributed by atoms with E-state index in [2.05, 4.69) is 0 Å². The molecule has 90 valence electrons. The second-order valence-electron chi connectivity index (χ2n) is 4.07. The first-order valence-corrected chi connectivity index (χ1v) is 5.36. The van der Waals surface area contributed by atoms with Crippen LogP contribution in [0.5, 0.6) is 0 Å². The van der Waals surface area contributed by atoms with Gasteiger partial charge in [-0.1, -0.05) is 0 Å². The lowest BCUT2D eigenvalue weighted by Gasteiger charge is -2.02. The summed E-state index contributed by atoms with van der Waals surface area (Å²) < 4.78 is 31.7. The van der Waals surface area contributed by atoms with Gasteiger partial charge in [0.2, 0.25) is 0 Å². The number of furan rings is 1. The SMILES string of the molecule is CC(N)Cc1ccc(-c2ccc(F)cc2F)o1. The summed E-state index contributed by atoms with van der Waals surface area (Å²) in [6.07, 6.45) is 0.586. The number of rotatable bonds is 3. The van der Waals surface area contributed by atoms with Gasteiger partial charge in [-0.3, -0.25) is 0 Å². The van der Waals surface area contributed by atoms with Crippen molar-refractivity contribution in [2.24, 2.45) is 5.73 Å². The lowest BCUT2D eigenvalue weighted by atomic mass is 10.1. The fraction of sp³-hybridized carbons (Fsp3) is 0.231. The average molecular weight is 237 g/mol. The van der Waals surface area contributed by atoms with Crippen molar-refractivity contribution < 1.29 is 13.2 Å². The Morgan fingerprint density at radius 2 is 2.00 bits per heavy atom. The molecule has 0 bridgehead atoms. The van der Waals surface area contributed by atoms with Crippen molar-refractivity contribution in [3.05, 3.63) is 47.7 Å². The molecule has 0 saturated heterocycles. The normalized spacial score (nSPS) is 12.7. The molecule has 0 amide bonds. The van der Waals surface area contributed by atoms with Crippen LogP contribution in [0, 0.1) is 11.6 Å². The molecule has 1 heterocycles. The standard InChI is InChI=1S/C13H13F2NO/c1-8(16)6-10-3-5-13(17-10)11-4-2-9(14)7-12(11)15/h2-5,7-8H,6,16H2,1H3. The van der Waals surface area contributed by atoms with E-state index in [1.165, 1.54) is 12.1 Å². The third-order valence-electron chi connectivity index (χ3n) is 2.38. The molecule has 0 aliphatic rings. The van der Waals surface area contributed by atoms with Crippen molar-refractivity contribution >= 4 is 0 Å². The highest BCUT2D eigenvalue weighted by Gasteiger charge is 2.11. The smallest absolute Gasteiger partial charge is 0.137 e. The van der Waals surface area contributed by atoms with Gasteiger partial charge in [-0.2, -0.15) is 0 Å². The summed E-state index contributed by atoms with van der Waals surface area (Å²) >= 11 is 0. The maximum atomic E-state index is 13.5. The van der Waals surface area contributed by atoms with Crippen LogP contribution < -0.4 is 5.73 Å². The molecule has 4 heteroatoms. The third-order valence-corrected chi connectivity index (χ3v) is 2.38. The zero-order valence-electron chi connectivity index (χ0n) is 9.41. The predicted molar refractivity (Wildman–Crippen MR) is 61.4 cm³/mol. The molecule has 1 aromatic heterocycles. The van der Waals surface area contributed by atoms with Crippen molar-refractivity contribution in [1.82, 2.24) is 0 Å². The Balaban J connectivity index is 2.30. The highest BCUT2D eigenvalue weighted by atomic mass is 19.1. The highest BCUT2D eigenvalue weighted by Crippen LogP contribution is 2.25. The molecule has 2 aromatic rings. The Bertz CT molecular complexity index is 520. The van der Waals surface area contributed by atoms with Crippen LogP contribution in [-0.4, -0.2) is 6.04 Å². The molecule has 1 atom stereocenters. The summed E-state index contributed by atoms with van der Waals surface area (Å²) in [5, 5.41) is 0. The molecule has 0 saturated carbocycles. The van der Waals surface area contributed by atoms with Gasteiger partial charge < -0.3 is 10.2 Å². The largest absolute Gasteiger partial charge is 0.461 e. The van der Waals surface area contributed by atoms with E-state index in [0.717, 1.165) is 6.07 Å². The van der Waals surface area contributed by atoms with Crippen LogP contribution in [0.4, 0.5) is 8.78 Å². The van der Waals surface area contributed by atoms with Crippen LogP contribution >= 0.6 is 0 Å². The lowest BCUT2D eigenvalue weighted by molar-refractivity contribution is 0.498. The van der Waals surface area contributed by atoms with Crippen LogP contribution in [0.1, 0.15) is 12.7 Å². The first-order chi connectivity index (χ1) is 8.06. The Labute approximate surface area is 98.0 Å². The number of nitrogens with two attached hydrogens (primary N) is 1. The van der Waals surface area contributed by atoms with Crippen molar-refractivity contribution in [3.63, 3.8) is 0 Å². The van der Waals surface area contributed by atoms with Gasteiger partial charge in [0.25, 0.3) is 0 Å². The number of hydrogen-bond donors (Lipinski definition) is 1. The van der Waals surface area contributed by atoms with Gasteiger partial charge in [-0.05, 0) is 31.2 Å². The van der Waals surface area contributed by atoms with Crippen molar-refractivity contribution in [2.75, 3.05) is 0 Å². The molecule has 0 spiro atoms. The zero-order chi connectivity index (χ0) is 12.4. The van der Waals surface area contributed by atoms with E-state index >= 15 is 0 Å². The maximum absolute atomic E-state index is 13.5. The second kappa shape index (κ2) is 4.67. The molecular formula is C13H13F2NO. The Morgan fingerprint density at radius 3 is 2.65 bits per heavy atom.